The van der Waals surface area contributed by atoms with Crippen LogP contribution in [0, 0.1) is 0 Å². The van der Waals surface area contributed by atoms with E-state index in [1.54, 1.807) is 12.1 Å². The van der Waals surface area contributed by atoms with E-state index in [2.05, 4.69) is 0 Å². The van der Waals surface area contributed by atoms with Gasteiger partial charge in [-0.1, -0.05) is 24.4 Å². The van der Waals surface area contributed by atoms with Crippen molar-refractivity contribution in [3.63, 3.8) is 0 Å². The van der Waals surface area contributed by atoms with E-state index in [1.165, 1.54) is 0 Å². The fourth-order valence-electron chi connectivity index (χ4n) is 1.37. The van der Waals surface area contributed by atoms with Gasteiger partial charge in [0.15, 0.2) is 0 Å². The van der Waals surface area contributed by atoms with E-state index >= 15 is 0 Å². The number of aromatic hydroxyl groups is 1. The van der Waals surface area contributed by atoms with Crippen LogP contribution >= 0.6 is 12.2 Å². The molecule has 1 unspecified atom stereocenters. The number of thiocarbonyl (C=S) groups is 1. The Kier molecular flexibility index (Phi) is 3.43. The van der Waals surface area contributed by atoms with Crippen LogP contribution in [0.5, 0.6) is 5.75 Å². The lowest BCUT2D eigenvalue weighted by Crippen LogP contribution is -2.31. The minimum Gasteiger partial charge on any atom is -0.508 e. The van der Waals surface area contributed by atoms with Gasteiger partial charge in [-0.3, -0.25) is 4.90 Å². The van der Waals surface area contributed by atoms with Crippen LogP contribution < -0.4 is 5.73 Å². The molecule has 0 aliphatic heterocycles. The molecule has 0 saturated heterocycles. The maximum atomic E-state index is 9.14. The van der Waals surface area contributed by atoms with Crippen molar-refractivity contribution in [2.75, 3.05) is 14.1 Å². The fourth-order valence-corrected chi connectivity index (χ4v) is 1.72. The van der Waals surface area contributed by atoms with Gasteiger partial charge in [0.1, 0.15) is 5.75 Å². The predicted octanol–water partition coefficient (Wildman–Crippen LogP) is 1.28. The zero-order valence-corrected chi connectivity index (χ0v) is 9.08. The number of hydrogen-bond acceptors (Lipinski definition) is 3. The number of nitrogens with zero attached hydrogens (tertiary/aromatic N) is 1. The highest BCUT2D eigenvalue weighted by molar-refractivity contribution is 7.80. The standard InChI is InChI=1S/C10H14N2OS/c1-12(2)9(10(11)14)7-3-5-8(13)6-4-7/h3-6,9,13H,1-2H3,(H2,11,14). The fraction of sp³-hybridized carbons (Fsp3) is 0.300. The number of phenolic OH excluding ortho intramolecular Hbond substituents is 1. The molecule has 0 amide bonds. The Bertz CT molecular complexity index is 321. The monoisotopic (exact) mass is 210 g/mol. The third kappa shape index (κ3) is 2.43. The second kappa shape index (κ2) is 4.39. The number of nitrogens with two attached hydrogens (primary N) is 1. The SMILES string of the molecule is CN(C)C(C(N)=S)c1ccc(O)cc1. The van der Waals surface area contributed by atoms with Crippen molar-refractivity contribution in [3.05, 3.63) is 29.8 Å². The van der Waals surface area contributed by atoms with E-state index in [9.17, 15) is 0 Å². The minimum atomic E-state index is -0.0781. The molecule has 1 atom stereocenters. The van der Waals surface area contributed by atoms with Crippen LogP contribution in [-0.4, -0.2) is 29.1 Å². The summed E-state index contributed by atoms with van der Waals surface area (Å²) in [5, 5.41) is 9.14. The first-order valence-electron chi connectivity index (χ1n) is 4.27. The van der Waals surface area contributed by atoms with Crippen molar-refractivity contribution in [2.45, 2.75) is 6.04 Å². The summed E-state index contributed by atoms with van der Waals surface area (Å²) in [6, 6.07) is 6.82. The Morgan fingerprint density at radius 2 is 1.86 bits per heavy atom. The lowest BCUT2D eigenvalue weighted by Gasteiger charge is -2.23. The quantitative estimate of drug-likeness (QED) is 0.738. The van der Waals surface area contributed by atoms with E-state index in [0.717, 1.165) is 5.56 Å². The molecule has 0 spiro atoms. The maximum absolute atomic E-state index is 9.14. The Hall–Kier alpha value is -1.13. The van der Waals surface area contributed by atoms with Crippen molar-refractivity contribution in [2.24, 2.45) is 5.73 Å². The van der Waals surface area contributed by atoms with Gasteiger partial charge in [-0.05, 0) is 31.8 Å². The number of phenols is 1. The summed E-state index contributed by atoms with van der Waals surface area (Å²) >= 11 is 4.98. The summed E-state index contributed by atoms with van der Waals surface area (Å²) in [5.41, 5.74) is 6.62. The molecule has 76 valence electrons. The Labute approximate surface area is 89.1 Å². The Morgan fingerprint density at radius 3 is 2.21 bits per heavy atom. The van der Waals surface area contributed by atoms with Gasteiger partial charge < -0.3 is 10.8 Å². The summed E-state index contributed by atoms with van der Waals surface area (Å²) in [6.45, 7) is 0. The third-order valence-electron chi connectivity index (χ3n) is 1.99. The van der Waals surface area contributed by atoms with Gasteiger partial charge in [-0.15, -0.1) is 0 Å². The van der Waals surface area contributed by atoms with Gasteiger partial charge in [-0.25, -0.2) is 0 Å². The minimum absolute atomic E-state index is 0.0781. The van der Waals surface area contributed by atoms with Crippen LogP contribution in [0.1, 0.15) is 11.6 Å². The molecule has 1 rings (SSSR count). The number of rotatable bonds is 3. The second-order valence-corrected chi connectivity index (χ2v) is 3.83. The summed E-state index contributed by atoms with van der Waals surface area (Å²) in [5.74, 6) is 0.245. The van der Waals surface area contributed by atoms with Crippen LogP contribution in [0.25, 0.3) is 0 Å². The number of benzene rings is 1. The highest BCUT2D eigenvalue weighted by Gasteiger charge is 2.16. The first-order valence-corrected chi connectivity index (χ1v) is 4.68. The van der Waals surface area contributed by atoms with Crippen molar-refractivity contribution in [1.82, 2.24) is 4.90 Å². The van der Waals surface area contributed by atoms with E-state index in [1.807, 2.05) is 31.1 Å². The van der Waals surface area contributed by atoms with Gasteiger partial charge in [0.25, 0.3) is 0 Å². The first kappa shape index (κ1) is 10.9. The van der Waals surface area contributed by atoms with Gasteiger partial charge in [-0.2, -0.15) is 0 Å². The molecule has 0 heterocycles. The normalized spacial score (nSPS) is 12.8. The molecule has 0 radical (unpaired) electrons. The molecular formula is C10H14N2OS. The van der Waals surface area contributed by atoms with Gasteiger partial charge >= 0.3 is 0 Å². The smallest absolute Gasteiger partial charge is 0.115 e. The van der Waals surface area contributed by atoms with Gasteiger partial charge in [0.05, 0.1) is 11.0 Å². The Morgan fingerprint density at radius 1 is 1.36 bits per heavy atom. The van der Waals surface area contributed by atoms with Crippen LogP contribution in [0.2, 0.25) is 0 Å². The third-order valence-corrected chi connectivity index (χ3v) is 2.22. The molecule has 0 saturated carbocycles. The van der Waals surface area contributed by atoms with Crippen molar-refractivity contribution in [3.8, 4) is 5.75 Å². The molecule has 4 heteroatoms. The van der Waals surface area contributed by atoms with Gasteiger partial charge in [0, 0.05) is 0 Å². The topological polar surface area (TPSA) is 49.5 Å². The second-order valence-electron chi connectivity index (χ2n) is 3.36. The summed E-state index contributed by atoms with van der Waals surface area (Å²) in [7, 11) is 3.83. The molecule has 0 fully saturated rings. The molecule has 3 nitrogen and oxygen atoms in total. The predicted molar refractivity (Wildman–Crippen MR) is 61.3 cm³/mol. The molecule has 3 N–H and O–H groups in total. The van der Waals surface area contributed by atoms with Crippen LogP contribution in [0.4, 0.5) is 0 Å². The number of likely N-dealkylation sites (N-methyl/N-ethyl adjacent to an activating group) is 1. The summed E-state index contributed by atoms with van der Waals surface area (Å²) < 4.78 is 0. The molecule has 0 aromatic heterocycles. The van der Waals surface area contributed by atoms with Crippen LogP contribution in [-0.2, 0) is 0 Å². The highest BCUT2D eigenvalue weighted by Crippen LogP contribution is 2.20. The van der Waals surface area contributed by atoms with E-state index < -0.39 is 0 Å². The number of hydrogen-bond donors (Lipinski definition) is 2. The Balaban J connectivity index is 3.00. The zero-order chi connectivity index (χ0) is 10.7. The molecule has 1 aromatic rings. The van der Waals surface area contributed by atoms with E-state index in [0.29, 0.717) is 4.99 Å². The van der Waals surface area contributed by atoms with E-state index in [4.69, 9.17) is 23.1 Å². The largest absolute Gasteiger partial charge is 0.508 e. The maximum Gasteiger partial charge on any atom is 0.115 e. The lowest BCUT2D eigenvalue weighted by molar-refractivity contribution is 0.370. The average Bonchev–Trinajstić information content (AvgIpc) is 2.07. The summed E-state index contributed by atoms with van der Waals surface area (Å²) in [6.07, 6.45) is 0. The highest BCUT2D eigenvalue weighted by atomic mass is 32.1. The summed E-state index contributed by atoms with van der Waals surface area (Å²) in [4.78, 5) is 2.37. The van der Waals surface area contributed by atoms with Crippen molar-refractivity contribution < 1.29 is 5.11 Å². The van der Waals surface area contributed by atoms with Gasteiger partial charge in [0.2, 0.25) is 0 Å². The van der Waals surface area contributed by atoms with Crippen LogP contribution in [0.15, 0.2) is 24.3 Å². The molecule has 0 aliphatic rings. The molecule has 0 bridgehead atoms. The van der Waals surface area contributed by atoms with Crippen molar-refractivity contribution >= 4 is 17.2 Å². The average molecular weight is 210 g/mol. The molecule has 1 aromatic carbocycles. The lowest BCUT2D eigenvalue weighted by atomic mass is 10.1. The zero-order valence-electron chi connectivity index (χ0n) is 8.27. The van der Waals surface area contributed by atoms with Crippen LogP contribution in [0.3, 0.4) is 0 Å². The van der Waals surface area contributed by atoms with Crippen molar-refractivity contribution in [1.29, 1.82) is 0 Å². The first-order chi connectivity index (χ1) is 6.52. The molecular weight excluding hydrogens is 196 g/mol. The molecule has 14 heavy (non-hydrogen) atoms. The van der Waals surface area contributed by atoms with E-state index in [-0.39, 0.29) is 11.8 Å². The molecule has 0 aliphatic carbocycles.